The second-order valence-electron chi connectivity index (χ2n) is 9.86. The number of nitro benzene ring substituents is 1. The number of hydrogen-bond acceptors (Lipinski definition) is 6. The summed E-state index contributed by atoms with van der Waals surface area (Å²) >= 11 is 0. The lowest BCUT2D eigenvalue weighted by molar-refractivity contribution is -0.384. The van der Waals surface area contributed by atoms with E-state index in [2.05, 4.69) is 5.32 Å². The fourth-order valence-corrected chi connectivity index (χ4v) is 5.43. The summed E-state index contributed by atoms with van der Waals surface area (Å²) in [5.41, 5.74) is 1.59. The third-order valence-corrected chi connectivity index (χ3v) is 8.20. The van der Waals surface area contributed by atoms with E-state index in [1.54, 1.807) is 25.1 Å². The van der Waals surface area contributed by atoms with Crippen molar-refractivity contribution >= 4 is 33.2 Å². The molecule has 10 nitrogen and oxygen atoms in total. The van der Waals surface area contributed by atoms with Gasteiger partial charge in [-0.1, -0.05) is 56.3 Å². The second-order valence-corrected chi connectivity index (χ2v) is 11.7. The molecule has 3 aromatic carbocycles. The Labute approximate surface area is 234 Å². The first-order chi connectivity index (χ1) is 18.9. The smallest absolute Gasteiger partial charge is 0.269 e. The van der Waals surface area contributed by atoms with Crippen LogP contribution in [-0.4, -0.2) is 49.2 Å². The highest BCUT2D eigenvalue weighted by molar-refractivity contribution is 7.92. The van der Waals surface area contributed by atoms with E-state index in [0.29, 0.717) is 6.54 Å². The second kappa shape index (κ2) is 13.2. The molecule has 0 spiro atoms. The summed E-state index contributed by atoms with van der Waals surface area (Å²) in [5.74, 6) is -0.762. The Morgan fingerprint density at radius 2 is 1.52 bits per heavy atom. The largest absolute Gasteiger partial charge is 0.354 e. The average Bonchev–Trinajstić information content (AvgIpc) is 2.94. The summed E-state index contributed by atoms with van der Waals surface area (Å²) in [4.78, 5) is 38.9. The maximum Gasteiger partial charge on any atom is 0.269 e. The molecule has 2 amide bonds. The summed E-state index contributed by atoms with van der Waals surface area (Å²) in [5, 5.41) is 14.0. The lowest BCUT2D eigenvalue weighted by Crippen LogP contribution is -2.51. The van der Waals surface area contributed by atoms with Gasteiger partial charge in [-0.15, -0.1) is 0 Å². The number of nitrogens with zero attached hydrogens (tertiary/aromatic N) is 3. The van der Waals surface area contributed by atoms with Crippen LogP contribution < -0.4 is 9.62 Å². The van der Waals surface area contributed by atoms with Crippen LogP contribution in [0.25, 0.3) is 0 Å². The van der Waals surface area contributed by atoms with Crippen LogP contribution in [0.4, 0.5) is 11.4 Å². The summed E-state index contributed by atoms with van der Waals surface area (Å²) in [7, 11) is -4.25. The molecular formula is C29H34N4O6S. The summed E-state index contributed by atoms with van der Waals surface area (Å²) < 4.78 is 28.4. The summed E-state index contributed by atoms with van der Waals surface area (Å²) in [6, 6.07) is 19.1. The fourth-order valence-electron chi connectivity index (χ4n) is 4.00. The van der Waals surface area contributed by atoms with Gasteiger partial charge in [-0.25, -0.2) is 8.42 Å². The number of amides is 2. The van der Waals surface area contributed by atoms with Gasteiger partial charge in [-0.3, -0.25) is 24.0 Å². The highest BCUT2D eigenvalue weighted by Crippen LogP contribution is 2.26. The van der Waals surface area contributed by atoms with E-state index < -0.39 is 33.4 Å². The van der Waals surface area contributed by atoms with E-state index in [4.69, 9.17) is 0 Å². The number of nitrogens with one attached hydrogen (secondary N) is 1. The molecule has 40 heavy (non-hydrogen) atoms. The topological polar surface area (TPSA) is 130 Å². The third kappa shape index (κ3) is 7.44. The molecule has 3 aromatic rings. The quantitative estimate of drug-likeness (QED) is 0.257. The number of rotatable bonds is 12. The molecule has 0 bridgehead atoms. The Morgan fingerprint density at radius 1 is 0.925 bits per heavy atom. The van der Waals surface area contributed by atoms with Crippen LogP contribution in [0.2, 0.25) is 0 Å². The van der Waals surface area contributed by atoms with Crippen LogP contribution in [0.15, 0.2) is 83.8 Å². The molecule has 0 aliphatic rings. The Hall–Kier alpha value is -4.25. The molecule has 0 fully saturated rings. The Balaban J connectivity index is 2.03. The molecule has 0 aliphatic heterocycles. The zero-order valence-corrected chi connectivity index (χ0v) is 23.8. The number of carbonyl (C=O) groups is 2. The Kier molecular flexibility index (Phi) is 10.0. The molecule has 0 aliphatic carbocycles. The van der Waals surface area contributed by atoms with Crippen molar-refractivity contribution in [1.82, 2.24) is 10.2 Å². The van der Waals surface area contributed by atoms with Gasteiger partial charge >= 0.3 is 0 Å². The zero-order valence-electron chi connectivity index (χ0n) is 23.0. The van der Waals surface area contributed by atoms with Crippen molar-refractivity contribution in [1.29, 1.82) is 0 Å². The van der Waals surface area contributed by atoms with Gasteiger partial charge < -0.3 is 10.2 Å². The molecule has 212 valence electrons. The maximum atomic E-state index is 13.9. The maximum absolute atomic E-state index is 13.9. The van der Waals surface area contributed by atoms with Gasteiger partial charge in [-0.05, 0) is 55.2 Å². The zero-order chi connectivity index (χ0) is 29.4. The number of nitro groups is 1. The molecule has 1 unspecified atom stereocenters. The van der Waals surface area contributed by atoms with Gasteiger partial charge in [-0.2, -0.15) is 0 Å². The van der Waals surface area contributed by atoms with Crippen LogP contribution in [0.5, 0.6) is 0 Å². The highest BCUT2D eigenvalue weighted by Gasteiger charge is 2.32. The fraction of sp³-hybridized carbons (Fsp3) is 0.310. The van der Waals surface area contributed by atoms with Gasteiger partial charge in [0.05, 0.1) is 15.5 Å². The minimum Gasteiger partial charge on any atom is -0.354 e. The van der Waals surface area contributed by atoms with Gasteiger partial charge in [0.15, 0.2) is 0 Å². The number of non-ortho nitro benzene ring substituents is 1. The molecule has 0 saturated heterocycles. The summed E-state index contributed by atoms with van der Waals surface area (Å²) in [6.45, 7) is 7.30. The molecule has 0 radical (unpaired) electrons. The number of sulfonamides is 1. The predicted molar refractivity (Wildman–Crippen MR) is 153 cm³/mol. The molecule has 0 heterocycles. The van der Waals surface area contributed by atoms with Gasteiger partial charge in [0.1, 0.15) is 12.6 Å². The average molecular weight is 567 g/mol. The third-order valence-electron chi connectivity index (χ3n) is 6.41. The predicted octanol–water partition coefficient (Wildman–Crippen LogP) is 4.29. The number of anilines is 1. The monoisotopic (exact) mass is 566 g/mol. The number of aryl methyl sites for hydroxylation is 1. The summed E-state index contributed by atoms with van der Waals surface area (Å²) in [6.07, 6.45) is 0. The molecule has 1 atom stereocenters. The van der Waals surface area contributed by atoms with Gasteiger partial charge in [0, 0.05) is 25.2 Å². The van der Waals surface area contributed by atoms with Crippen LogP contribution in [-0.2, 0) is 26.2 Å². The first-order valence-corrected chi connectivity index (χ1v) is 14.3. The first-order valence-electron chi connectivity index (χ1n) is 12.9. The van der Waals surface area contributed by atoms with Crippen molar-refractivity contribution in [2.24, 2.45) is 5.92 Å². The Morgan fingerprint density at radius 3 is 2.10 bits per heavy atom. The van der Waals surface area contributed by atoms with Gasteiger partial charge in [0.2, 0.25) is 11.8 Å². The van der Waals surface area contributed by atoms with E-state index in [1.807, 2.05) is 45.0 Å². The van der Waals surface area contributed by atoms with Crippen molar-refractivity contribution in [3.8, 4) is 0 Å². The number of benzene rings is 3. The lowest BCUT2D eigenvalue weighted by Gasteiger charge is -2.32. The normalized spacial score (nSPS) is 12.0. The molecule has 0 saturated carbocycles. The number of carbonyl (C=O) groups excluding carboxylic acids is 2. The number of hydrogen-bond donors (Lipinski definition) is 1. The van der Waals surface area contributed by atoms with E-state index in [9.17, 15) is 28.1 Å². The molecule has 3 rings (SSSR count). The van der Waals surface area contributed by atoms with Crippen molar-refractivity contribution < 1.29 is 22.9 Å². The van der Waals surface area contributed by atoms with Crippen molar-refractivity contribution in [3.05, 3.63) is 100 Å². The van der Waals surface area contributed by atoms with Crippen LogP contribution in [0.1, 0.15) is 31.9 Å². The van der Waals surface area contributed by atoms with Crippen molar-refractivity contribution in [3.63, 3.8) is 0 Å². The van der Waals surface area contributed by atoms with Crippen LogP contribution in [0.3, 0.4) is 0 Å². The van der Waals surface area contributed by atoms with Gasteiger partial charge in [0.25, 0.3) is 15.7 Å². The van der Waals surface area contributed by atoms with Crippen molar-refractivity contribution in [2.45, 2.75) is 45.2 Å². The van der Waals surface area contributed by atoms with Crippen LogP contribution >= 0.6 is 0 Å². The van der Waals surface area contributed by atoms with Crippen molar-refractivity contribution in [2.75, 3.05) is 17.4 Å². The highest BCUT2D eigenvalue weighted by atomic mass is 32.2. The molecular weight excluding hydrogens is 532 g/mol. The van der Waals surface area contributed by atoms with E-state index in [-0.39, 0.29) is 34.6 Å². The van der Waals surface area contributed by atoms with Crippen LogP contribution in [0, 0.1) is 23.0 Å². The molecule has 1 N–H and O–H groups in total. The van der Waals surface area contributed by atoms with E-state index in [1.165, 1.54) is 41.3 Å². The minimum atomic E-state index is -4.25. The Bertz CT molecular complexity index is 1440. The van der Waals surface area contributed by atoms with E-state index >= 15 is 0 Å². The van der Waals surface area contributed by atoms with E-state index in [0.717, 1.165) is 15.4 Å². The standard InChI is InChI=1S/C29H34N4O6S/c1-21(2)18-30-29(35)23(4)31(19-24-11-9-8-10-22(24)3)28(34)20-32(25-14-16-26(17-15-25)33(36)37)40(38,39)27-12-6-5-7-13-27/h5-17,21,23H,18-20H2,1-4H3,(H,30,35). The first kappa shape index (κ1) is 30.3. The lowest BCUT2D eigenvalue weighted by atomic mass is 10.1. The minimum absolute atomic E-state index is 0.0469. The SMILES string of the molecule is Cc1ccccc1CN(C(=O)CN(c1ccc([N+](=O)[O-])cc1)S(=O)(=O)c1ccccc1)C(C)C(=O)NCC(C)C. The molecule has 0 aromatic heterocycles. The molecule has 11 heteroatoms.